The van der Waals surface area contributed by atoms with Crippen LogP contribution in [0, 0.1) is 11.7 Å². The molecule has 1 aromatic rings. The molecule has 1 saturated carbocycles. The van der Waals surface area contributed by atoms with Gasteiger partial charge in [-0.1, -0.05) is 42.1 Å². The normalized spacial score (nSPS) is 24.6. The van der Waals surface area contributed by atoms with E-state index in [0.717, 1.165) is 16.8 Å². The molecule has 0 aliphatic heterocycles. The lowest BCUT2D eigenvalue weighted by Gasteiger charge is -2.30. The number of halogens is 2. The topological polar surface area (TPSA) is 12.0 Å². The molecule has 0 radical (unpaired) electrons. The maximum Gasteiger partial charge on any atom is 0.146 e. The molecule has 0 heterocycles. The van der Waals surface area contributed by atoms with Gasteiger partial charge in [-0.25, -0.2) is 4.39 Å². The Balaban J connectivity index is 2.02. The largest absolute Gasteiger partial charge is 0.380 e. The van der Waals surface area contributed by atoms with Gasteiger partial charge in [0.25, 0.3) is 0 Å². The third-order valence-electron chi connectivity index (χ3n) is 3.65. The minimum Gasteiger partial charge on any atom is -0.380 e. The van der Waals surface area contributed by atoms with Crippen LogP contribution < -0.4 is 5.32 Å². The molecule has 0 spiro atoms. The highest BCUT2D eigenvalue weighted by Gasteiger charge is 2.21. The first kappa shape index (κ1) is 12.9. The summed E-state index contributed by atoms with van der Waals surface area (Å²) in [4.78, 5) is 0. The smallest absolute Gasteiger partial charge is 0.146 e. The van der Waals surface area contributed by atoms with E-state index in [4.69, 9.17) is 0 Å². The van der Waals surface area contributed by atoms with Gasteiger partial charge in [0.15, 0.2) is 0 Å². The van der Waals surface area contributed by atoms with Crippen LogP contribution in [-0.2, 0) is 0 Å². The summed E-state index contributed by atoms with van der Waals surface area (Å²) in [7, 11) is 0. The lowest BCUT2D eigenvalue weighted by molar-refractivity contribution is 0.327. The third-order valence-corrected chi connectivity index (χ3v) is 4.14. The van der Waals surface area contributed by atoms with Crippen LogP contribution in [0.1, 0.15) is 39.0 Å². The van der Waals surface area contributed by atoms with Crippen molar-refractivity contribution in [2.24, 2.45) is 5.92 Å². The van der Waals surface area contributed by atoms with Crippen molar-refractivity contribution in [1.82, 2.24) is 0 Å². The summed E-state index contributed by atoms with van der Waals surface area (Å²) in [5, 5.41) is 3.35. The van der Waals surface area contributed by atoms with E-state index in [9.17, 15) is 4.39 Å². The van der Waals surface area contributed by atoms with E-state index in [2.05, 4.69) is 28.2 Å². The summed E-state index contributed by atoms with van der Waals surface area (Å²) >= 11 is 3.38. The number of nitrogens with one attached hydrogen (secondary N) is 1. The molecular weight excluding hydrogens is 281 g/mol. The molecule has 1 N–H and O–H groups in total. The van der Waals surface area contributed by atoms with Crippen molar-refractivity contribution in [1.29, 1.82) is 0 Å². The molecule has 0 amide bonds. The molecule has 1 aliphatic carbocycles. The van der Waals surface area contributed by atoms with Crippen molar-refractivity contribution in [2.75, 3.05) is 5.32 Å². The van der Waals surface area contributed by atoms with Crippen LogP contribution in [0.25, 0.3) is 0 Å². The molecule has 3 heteroatoms. The van der Waals surface area contributed by atoms with Gasteiger partial charge in [0.2, 0.25) is 0 Å². The summed E-state index contributed by atoms with van der Waals surface area (Å²) in [5.74, 6) is 0.642. The molecule has 2 rings (SSSR count). The van der Waals surface area contributed by atoms with Crippen molar-refractivity contribution in [3.05, 3.63) is 28.5 Å². The highest BCUT2D eigenvalue weighted by molar-refractivity contribution is 9.10. The predicted octanol–water partition coefficient (Wildman–Crippen LogP) is 4.97. The van der Waals surface area contributed by atoms with Gasteiger partial charge in [-0.05, 0) is 37.0 Å². The molecular formula is C14H19BrFN. The lowest BCUT2D eigenvalue weighted by Crippen LogP contribution is -2.27. The molecule has 17 heavy (non-hydrogen) atoms. The van der Waals surface area contributed by atoms with Gasteiger partial charge in [0, 0.05) is 10.5 Å². The Labute approximate surface area is 111 Å². The fourth-order valence-electron chi connectivity index (χ4n) is 2.62. The Morgan fingerprint density at radius 3 is 3.00 bits per heavy atom. The van der Waals surface area contributed by atoms with Crippen LogP contribution in [0.5, 0.6) is 0 Å². The van der Waals surface area contributed by atoms with Crippen molar-refractivity contribution in [2.45, 2.75) is 45.1 Å². The zero-order chi connectivity index (χ0) is 12.3. The minimum absolute atomic E-state index is 0.160. The highest BCUT2D eigenvalue weighted by atomic mass is 79.9. The van der Waals surface area contributed by atoms with Crippen molar-refractivity contribution >= 4 is 21.6 Å². The monoisotopic (exact) mass is 299 g/mol. The van der Waals surface area contributed by atoms with Gasteiger partial charge in [-0.15, -0.1) is 0 Å². The fourth-order valence-corrected chi connectivity index (χ4v) is 2.98. The van der Waals surface area contributed by atoms with Gasteiger partial charge in [0.1, 0.15) is 5.82 Å². The fraction of sp³-hybridized carbons (Fsp3) is 0.571. The molecule has 0 aromatic heterocycles. The maximum atomic E-state index is 13.6. The second kappa shape index (κ2) is 5.85. The molecule has 1 aliphatic rings. The number of hydrogen-bond acceptors (Lipinski definition) is 1. The van der Waals surface area contributed by atoms with E-state index in [1.807, 2.05) is 6.07 Å². The van der Waals surface area contributed by atoms with Crippen molar-refractivity contribution in [3.63, 3.8) is 0 Å². The first-order valence-corrected chi connectivity index (χ1v) is 7.20. The van der Waals surface area contributed by atoms with E-state index in [-0.39, 0.29) is 5.82 Å². The maximum absolute atomic E-state index is 13.6. The SMILES string of the molecule is CCC1CCCC(Nc2cc(Br)ccc2F)C1. The second-order valence-electron chi connectivity index (χ2n) is 4.91. The van der Waals surface area contributed by atoms with E-state index in [1.54, 1.807) is 6.07 Å². The Bertz CT molecular complexity index is 380. The molecule has 0 bridgehead atoms. The van der Waals surface area contributed by atoms with Crippen molar-refractivity contribution in [3.8, 4) is 0 Å². The van der Waals surface area contributed by atoms with Gasteiger partial charge < -0.3 is 5.32 Å². The first-order valence-electron chi connectivity index (χ1n) is 6.40. The van der Waals surface area contributed by atoms with Crippen molar-refractivity contribution < 1.29 is 4.39 Å². The summed E-state index contributed by atoms with van der Waals surface area (Å²) < 4.78 is 14.5. The number of rotatable bonds is 3. The average Bonchev–Trinajstić information content (AvgIpc) is 2.34. The van der Waals surface area contributed by atoms with Crippen LogP contribution in [-0.4, -0.2) is 6.04 Å². The Morgan fingerprint density at radius 2 is 2.24 bits per heavy atom. The third kappa shape index (κ3) is 3.44. The van der Waals surface area contributed by atoms with E-state index in [0.29, 0.717) is 11.7 Å². The van der Waals surface area contributed by atoms with E-state index >= 15 is 0 Å². The zero-order valence-electron chi connectivity index (χ0n) is 10.2. The van der Waals surface area contributed by atoms with Gasteiger partial charge >= 0.3 is 0 Å². The van der Waals surface area contributed by atoms with Crippen LogP contribution >= 0.6 is 15.9 Å². The van der Waals surface area contributed by atoms with E-state index in [1.165, 1.54) is 31.7 Å². The Hall–Kier alpha value is -0.570. The van der Waals surface area contributed by atoms with Crippen LogP contribution in [0.3, 0.4) is 0 Å². The molecule has 1 aromatic carbocycles. The molecule has 1 nitrogen and oxygen atoms in total. The van der Waals surface area contributed by atoms with Crippen LogP contribution in [0.2, 0.25) is 0 Å². The number of benzene rings is 1. The quantitative estimate of drug-likeness (QED) is 0.831. The standard InChI is InChI=1S/C14H19BrFN/c1-2-10-4-3-5-12(8-10)17-14-9-11(15)6-7-13(14)16/h6-7,9-10,12,17H,2-5,8H2,1H3. The first-order chi connectivity index (χ1) is 8.19. The second-order valence-corrected chi connectivity index (χ2v) is 5.82. The van der Waals surface area contributed by atoms with Gasteiger partial charge in [-0.2, -0.15) is 0 Å². The highest BCUT2D eigenvalue weighted by Crippen LogP contribution is 2.30. The molecule has 2 unspecified atom stereocenters. The number of anilines is 1. The molecule has 1 fully saturated rings. The van der Waals surface area contributed by atoms with Gasteiger partial charge in [-0.3, -0.25) is 0 Å². The summed E-state index contributed by atoms with van der Waals surface area (Å²) in [6.07, 6.45) is 6.14. The average molecular weight is 300 g/mol. The molecule has 0 saturated heterocycles. The summed E-state index contributed by atoms with van der Waals surface area (Å²) in [6, 6.07) is 5.49. The molecule has 94 valence electrons. The number of hydrogen-bond donors (Lipinski definition) is 1. The predicted molar refractivity (Wildman–Crippen MR) is 73.8 cm³/mol. The zero-order valence-corrected chi connectivity index (χ0v) is 11.8. The summed E-state index contributed by atoms with van der Waals surface area (Å²) in [5.41, 5.74) is 0.626. The van der Waals surface area contributed by atoms with Crippen LogP contribution in [0.15, 0.2) is 22.7 Å². The van der Waals surface area contributed by atoms with E-state index < -0.39 is 0 Å². The Morgan fingerprint density at radius 1 is 1.41 bits per heavy atom. The minimum atomic E-state index is -0.160. The van der Waals surface area contributed by atoms with Crippen LogP contribution in [0.4, 0.5) is 10.1 Å². The summed E-state index contributed by atoms with van der Waals surface area (Å²) in [6.45, 7) is 2.24. The lowest BCUT2D eigenvalue weighted by atomic mass is 9.84. The molecule has 2 atom stereocenters. The Kier molecular flexibility index (Phi) is 4.43. The van der Waals surface area contributed by atoms with Gasteiger partial charge in [0.05, 0.1) is 5.69 Å².